The molecular formula is C11H24N2O. The fourth-order valence-electron chi connectivity index (χ4n) is 1.89. The van der Waals surface area contributed by atoms with Gasteiger partial charge in [0.05, 0.1) is 13.2 Å². The SMILES string of the molecule is CCC1COCCN1CC(C)(C)CN. The largest absolute Gasteiger partial charge is 0.378 e. The quantitative estimate of drug-likeness (QED) is 0.738. The molecule has 3 heteroatoms. The van der Waals surface area contributed by atoms with Gasteiger partial charge in [0.15, 0.2) is 0 Å². The number of hydrogen-bond acceptors (Lipinski definition) is 3. The van der Waals surface area contributed by atoms with Gasteiger partial charge in [-0.25, -0.2) is 0 Å². The molecule has 14 heavy (non-hydrogen) atoms. The topological polar surface area (TPSA) is 38.5 Å². The number of morpholine rings is 1. The van der Waals surface area contributed by atoms with E-state index in [1.54, 1.807) is 0 Å². The monoisotopic (exact) mass is 200 g/mol. The third-order valence-corrected chi connectivity index (χ3v) is 3.00. The second-order valence-electron chi connectivity index (χ2n) is 4.98. The van der Waals surface area contributed by atoms with E-state index < -0.39 is 0 Å². The molecule has 1 aliphatic rings. The molecule has 3 nitrogen and oxygen atoms in total. The molecule has 0 aromatic heterocycles. The summed E-state index contributed by atoms with van der Waals surface area (Å²) in [5.41, 5.74) is 5.98. The Bertz CT molecular complexity index is 171. The molecule has 0 bridgehead atoms. The number of ether oxygens (including phenoxy) is 1. The van der Waals surface area contributed by atoms with Crippen molar-refractivity contribution in [1.82, 2.24) is 4.90 Å². The molecule has 1 saturated heterocycles. The maximum Gasteiger partial charge on any atom is 0.0622 e. The Balaban J connectivity index is 2.48. The van der Waals surface area contributed by atoms with Crippen LogP contribution in [0.15, 0.2) is 0 Å². The van der Waals surface area contributed by atoms with E-state index in [1.165, 1.54) is 6.42 Å². The van der Waals surface area contributed by atoms with Crippen LogP contribution in [0.1, 0.15) is 27.2 Å². The van der Waals surface area contributed by atoms with Gasteiger partial charge in [0.2, 0.25) is 0 Å². The summed E-state index contributed by atoms with van der Waals surface area (Å²) in [5, 5.41) is 0. The Labute approximate surface area is 87.6 Å². The molecule has 0 saturated carbocycles. The Morgan fingerprint density at radius 3 is 2.79 bits per heavy atom. The van der Waals surface area contributed by atoms with Crippen LogP contribution in [-0.2, 0) is 4.74 Å². The predicted octanol–water partition coefficient (Wildman–Crippen LogP) is 1.08. The van der Waals surface area contributed by atoms with Crippen LogP contribution in [0.2, 0.25) is 0 Å². The van der Waals surface area contributed by atoms with Crippen molar-refractivity contribution in [3.63, 3.8) is 0 Å². The maximum atomic E-state index is 5.75. The van der Waals surface area contributed by atoms with E-state index in [4.69, 9.17) is 10.5 Å². The second-order valence-corrected chi connectivity index (χ2v) is 4.98. The van der Waals surface area contributed by atoms with Gasteiger partial charge in [-0.15, -0.1) is 0 Å². The highest BCUT2D eigenvalue weighted by atomic mass is 16.5. The standard InChI is InChI=1S/C11H24N2O/c1-4-10-7-14-6-5-13(10)9-11(2,3)8-12/h10H,4-9,12H2,1-3H3. The molecule has 1 aliphatic heterocycles. The zero-order valence-electron chi connectivity index (χ0n) is 9.75. The first-order chi connectivity index (χ1) is 6.59. The molecule has 1 fully saturated rings. The fraction of sp³-hybridized carbons (Fsp3) is 1.00. The van der Waals surface area contributed by atoms with Crippen LogP contribution in [0.25, 0.3) is 0 Å². The first-order valence-corrected chi connectivity index (χ1v) is 5.61. The van der Waals surface area contributed by atoms with Crippen molar-refractivity contribution in [2.24, 2.45) is 11.1 Å². The van der Waals surface area contributed by atoms with Crippen LogP contribution in [0, 0.1) is 5.41 Å². The first-order valence-electron chi connectivity index (χ1n) is 5.61. The number of rotatable bonds is 4. The van der Waals surface area contributed by atoms with E-state index >= 15 is 0 Å². The average molecular weight is 200 g/mol. The third kappa shape index (κ3) is 3.23. The fourth-order valence-corrected chi connectivity index (χ4v) is 1.89. The van der Waals surface area contributed by atoms with Gasteiger partial charge in [-0.1, -0.05) is 20.8 Å². The summed E-state index contributed by atoms with van der Waals surface area (Å²) in [6, 6.07) is 0.592. The summed E-state index contributed by atoms with van der Waals surface area (Å²) < 4.78 is 5.48. The van der Waals surface area contributed by atoms with E-state index in [0.717, 1.165) is 32.8 Å². The summed E-state index contributed by atoms with van der Waals surface area (Å²) in [6.07, 6.45) is 1.17. The molecular weight excluding hydrogens is 176 g/mol. The second kappa shape index (κ2) is 5.10. The number of nitrogens with zero attached hydrogens (tertiary/aromatic N) is 1. The van der Waals surface area contributed by atoms with Crippen molar-refractivity contribution in [1.29, 1.82) is 0 Å². The molecule has 0 aromatic carbocycles. The highest BCUT2D eigenvalue weighted by Gasteiger charge is 2.27. The van der Waals surface area contributed by atoms with Gasteiger partial charge in [0.1, 0.15) is 0 Å². The summed E-state index contributed by atoms with van der Waals surface area (Å²) >= 11 is 0. The molecule has 1 heterocycles. The summed E-state index contributed by atoms with van der Waals surface area (Å²) in [6.45, 7) is 11.3. The number of nitrogens with two attached hydrogens (primary N) is 1. The van der Waals surface area contributed by atoms with E-state index in [1.807, 2.05) is 0 Å². The Hall–Kier alpha value is -0.120. The smallest absolute Gasteiger partial charge is 0.0622 e. The van der Waals surface area contributed by atoms with Crippen molar-refractivity contribution in [3.8, 4) is 0 Å². The molecule has 0 amide bonds. The first kappa shape index (κ1) is 12.0. The van der Waals surface area contributed by atoms with E-state index in [9.17, 15) is 0 Å². The van der Waals surface area contributed by atoms with Crippen LogP contribution in [0.5, 0.6) is 0 Å². The van der Waals surface area contributed by atoms with Crippen LogP contribution >= 0.6 is 0 Å². The summed E-state index contributed by atoms with van der Waals surface area (Å²) in [5.74, 6) is 0. The van der Waals surface area contributed by atoms with Gasteiger partial charge >= 0.3 is 0 Å². The Kier molecular flexibility index (Phi) is 4.35. The zero-order chi connectivity index (χ0) is 10.6. The molecule has 0 radical (unpaired) electrons. The van der Waals surface area contributed by atoms with Gasteiger partial charge in [-0.3, -0.25) is 4.90 Å². The third-order valence-electron chi connectivity index (χ3n) is 3.00. The lowest BCUT2D eigenvalue weighted by Crippen LogP contribution is -2.50. The van der Waals surface area contributed by atoms with Gasteiger partial charge in [0, 0.05) is 19.1 Å². The van der Waals surface area contributed by atoms with Crippen LogP contribution in [0.4, 0.5) is 0 Å². The summed E-state index contributed by atoms with van der Waals surface area (Å²) in [7, 11) is 0. The number of hydrogen-bond donors (Lipinski definition) is 1. The van der Waals surface area contributed by atoms with Crippen molar-refractivity contribution >= 4 is 0 Å². The van der Waals surface area contributed by atoms with E-state index in [-0.39, 0.29) is 5.41 Å². The molecule has 0 aliphatic carbocycles. The molecule has 1 atom stereocenters. The molecule has 0 aromatic rings. The average Bonchev–Trinajstić information content (AvgIpc) is 2.18. The minimum absolute atomic E-state index is 0.227. The van der Waals surface area contributed by atoms with Crippen molar-refractivity contribution in [2.45, 2.75) is 33.2 Å². The van der Waals surface area contributed by atoms with Crippen molar-refractivity contribution < 1.29 is 4.74 Å². The molecule has 0 spiro atoms. The lowest BCUT2D eigenvalue weighted by Gasteiger charge is -2.39. The Morgan fingerprint density at radius 2 is 2.21 bits per heavy atom. The van der Waals surface area contributed by atoms with Crippen LogP contribution in [-0.4, -0.2) is 43.8 Å². The lowest BCUT2D eigenvalue weighted by atomic mass is 9.92. The van der Waals surface area contributed by atoms with E-state index in [0.29, 0.717) is 6.04 Å². The van der Waals surface area contributed by atoms with Gasteiger partial charge in [-0.05, 0) is 18.4 Å². The minimum atomic E-state index is 0.227. The highest BCUT2D eigenvalue weighted by molar-refractivity contribution is 4.81. The normalized spacial score (nSPS) is 25.3. The molecule has 1 unspecified atom stereocenters. The lowest BCUT2D eigenvalue weighted by molar-refractivity contribution is -0.0228. The Morgan fingerprint density at radius 1 is 1.50 bits per heavy atom. The predicted molar refractivity (Wildman–Crippen MR) is 59.3 cm³/mol. The van der Waals surface area contributed by atoms with Gasteiger partial charge in [0.25, 0.3) is 0 Å². The molecule has 2 N–H and O–H groups in total. The highest BCUT2D eigenvalue weighted by Crippen LogP contribution is 2.19. The van der Waals surface area contributed by atoms with Gasteiger partial charge < -0.3 is 10.5 Å². The van der Waals surface area contributed by atoms with Crippen molar-refractivity contribution in [2.75, 3.05) is 32.8 Å². The van der Waals surface area contributed by atoms with Crippen LogP contribution in [0.3, 0.4) is 0 Å². The summed E-state index contributed by atoms with van der Waals surface area (Å²) in [4.78, 5) is 2.52. The van der Waals surface area contributed by atoms with Crippen LogP contribution < -0.4 is 5.73 Å². The minimum Gasteiger partial charge on any atom is -0.378 e. The molecule has 84 valence electrons. The van der Waals surface area contributed by atoms with E-state index in [2.05, 4.69) is 25.7 Å². The maximum absolute atomic E-state index is 5.75. The van der Waals surface area contributed by atoms with Crippen molar-refractivity contribution in [3.05, 3.63) is 0 Å². The molecule has 1 rings (SSSR count). The zero-order valence-corrected chi connectivity index (χ0v) is 9.75. The van der Waals surface area contributed by atoms with Gasteiger partial charge in [-0.2, -0.15) is 0 Å².